The van der Waals surface area contributed by atoms with Gasteiger partial charge in [-0.1, -0.05) is 32.0 Å². The fourth-order valence-electron chi connectivity index (χ4n) is 3.75. The van der Waals surface area contributed by atoms with Gasteiger partial charge in [-0.05, 0) is 49.5 Å². The Bertz CT molecular complexity index is 1210. The number of amides is 1. The van der Waals surface area contributed by atoms with E-state index >= 15 is 0 Å². The molecule has 4 rings (SSSR count). The van der Waals surface area contributed by atoms with Crippen LogP contribution in [-0.2, 0) is 6.54 Å². The van der Waals surface area contributed by atoms with Gasteiger partial charge in [0, 0.05) is 24.5 Å². The number of para-hydroxylation sites is 1. The second kappa shape index (κ2) is 10.8. The van der Waals surface area contributed by atoms with Gasteiger partial charge in [-0.15, -0.1) is 0 Å². The number of benzene rings is 2. The molecule has 0 unspecified atom stereocenters. The van der Waals surface area contributed by atoms with Crippen LogP contribution in [0.2, 0.25) is 0 Å². The molecule has 2 aromatic heterocycles. The Balaban J connectivity index is 1.58. The van der Waals surface area contributed by atoms with Crippen molar-refractivity contribution in [2.24, 2.45) is 0 Å². The Morgan fingerprint density at radius 1 is 1.03 bits per heavy atom. The summed E-state index contributed by atoms with van der Waals surface area (Å²) in [5, 5.41) is 12.1. The number of rotatable bonds is 10. The van der Waals surface area contributed by atoms with Crippen LogP contribution in [0, 0.1) is 0 Å². The van der Waals surface area contributed by atoms with Crippen LogP contribution in [0.25, 0.3) is 16.9 Å². The molecule has 2 aromatic carbocycles. The first kappa shape index (κ1) is 23.3. The van der Waals surface area contributed by atoms with Gasteiger partial charge in [-0.25, -0.2) is 4.68 Å². The van der Waals surface area contributed by atoms with E-state index in [-0.39, 0.29) is 5.91 Å². The number of hydrogen-bond acceptors (Lipinski definition) is 5. The number of nitrogens with zero attached hydrogens (tertiary/aromatic N) is 5. The first-order chi connectivity index (χ1) is 16.6. The Labute approximate surface area is 199 Å². The second-order valence-corrected chi connectivity index (χ2v) is 7.87. The van der Waals surface area contributed by atoms with E-state index in [0.29, 0.717) is 16.9 Å². The second-order valence-electron chi connectivity index (χ2n) is 7.87. The quantitative estimate of drug-likeness (QED) is 0.383. The summed E-state index contributed by atoms with van der Waals surface area (Å²) in [6.07, 6.45) is 5.29. The lowest BCUT2D eigenvalue weighted by atomic mass is 10.1. The lowest BCUT2D eigenvalue weighted by Crippen LogP contribution is -2.27. The molecule has 0 aliphatic rings. The van der Waals surface area contributed by atoms with E-state index in [9.17, 15) is 4.79 Å². The third-order valence-corrected chi connectivity index (χ3v) is 5.77. The number of aromatic nitrogens is 4. The third kappa shape index (κ3) is 5.35. The van der Waals surface area contributed by atoms with Crippen LogP contribution in [0.1, 0.15) is 24.2 Å². The van der Waals surface area contributed by atoms with Crippen LogP contribution in [0.5, 0.6) is 5.75 Å². The van der Waals surface area contributed by atoms with Crippen LogP contribution in [0.4, 0.5) is 5.69 Å². The van der Waals surface area contributed by atoms with E-state index in [1.165, 1.54) is 0 Å². The molecular weight excluding hydrogens is 428 g/mol. The maximum Gasteiger partial charge on any atom is 0.259 e. The lowest BCUT2D eigenvalue weighted by molar-refractivity contribution is 0.102. The Hall–Kier alpha value is -3.91. The topological polar surface area (TPSA) is 77.2 Å². The number of likely N-dealkylation sites (N-methyl/N-ethyl adjacent to an activating group) is 1. The highest BCUT2D eigenvalue weighted by molar-refractivity contribution is 6.08. The summed E-state index contributed by atoms with van der Waals surface area (Å²) in [5.41, 5.74) is 3.43. The van der Waals surface area contributed by atoms with Gasteiger partial charge in [0.2, 0.25) is 0 Å². The molecule has 8 nitrogen and oxygen atoms in total. The van der Waals surface area contributed by atoms with E-state index in [1.54, 1.807) is 24.2 Å². The minimum Gasteiger partial charge on any atom is -0.497 e. The summed E-state index contributed by atoms with van der Waals surface area (Å²) in [4.78, 5) is 15.6. The molecule has 0 saturated heterocycles. The molecule has 1 amide bonds. The molecule has 0 radical (unpaired) electrons. The minimum atomic E-state index is -0.240. The summed E-state index contributed by atoms with van der Waals surface area (Å²) in [6, 6.07) is 17.3. The van der Waals surface area contributed by atoms with Crippen LogP contribution >= 0.6 is 0 Å². The highest BCUT2D eigenvalue weighted by Gasteiger charge is 2.19. The van der Waals surface area contributed by atoms with Gasteiger partial charge in [0.25, 0.3) is 5.91 Å². The molecule has 0 aliphatic heterocycles. The summed E-state index contributed by atoms with van der Waals surface area (Å²) in [6.45, 7) is 7.97. The SMILES string of the molecule is CCN(CC)CCn1cc(NC(=O)c2cn(-c3ccccc3)nc2-c2ccc(OC)cc2)cn1. The first-order valence-electron chi connectivity index (χ1n) is 11.5. The van der Waals surface area contributed by atoms with Gasteiger partial charge in [-0.2, -0.15) is 10.2 Å². The van der Waals surface area contributed by atoms with E-state index < -0.39 is 0 Å². The van der Waals surface area contributed by atoms with E-state index in [0.717, 1.165) is 43.2 Å². The van der Waals surface area contributed by atoms with Gasteiger partial charge in [0.05, 0.1) is 36.8 Å². The molecule has 0 atom stereocenters. The largest absolute Gasteiger partial charge is 0.497 e. The predicted octanol–water partition coefficient (Wildman–Crippen LogP) is 4.34. The van der Waals surface area contributed by atoms with Crippen molar-refractivity contribution >= 4 is 11.6 Å². The molecule has 1 N–H and O–H groups in total. The predicted molar refractivity (Wildman–Crippen MR) is 134 cm³/mol. The Morgan fingerprint density at radius 2 is 1.76 bits per heavy atom. The molecule has 2 heterocycles. The maximum absolute atomic E-state index is 13.3. The number of anilines is 1. The van der Waals surface area contributed by atoms with Gasteiger partial charge >= 0.3 is 0 Å². The van der Waals surface area contributed by atoms with Crippen molar-refractivity contribution in [2.45, 2.75) is 20.4 Å². The van der Waals surface area contributed by atoms with Crippen molar-refractivity contribution in [1.29, 1.82) is 0 Å². The monoisotopic (exact) mass is 458 g/mol. The molecule has 0 bridgehead atoms. The number of carbonyl (C=O) groups is 1. The van der Waals surface area contributed by atoms with Crippen molar-refractivity contribution in [3.05, 3.63) is 78.8 Å². The summed E-state index contributed by atoms with van der Waals surface area (Å²) >= 11 is 0. The summed E-state index contributed by atoms with van der Waals surface area (Å²) in [5.74, 6) is 0.505. The fourth-order valence-corrected chi connectivity index (χ4v) is 3.75. The van der Waals surface area contributed by atoms with Gasteiger partial charge in [-0.3, -0.25) is 9.48 Å². The van der Waals surface area contributed by atoms with Crippen LogP contribution in [0.15, 0.2) is 73.2 Å². The number of nitrogens with one attached hydrogen (secondary N) is 1. The molecule has 0 aliphatic carbocycles. The minimum absolute atomic E-state index is 0.240. The van der Waals surface area contributed by atoms with Crippen LogP contribution in [0.3, 0.4) is 0 Å². The van der Waals surface area contributed by atoms with Gasteiger partial charge < -0.3 is 15.0 Å². The zero-order valence-electron chi connectivity index (χ0n) is 19.8. The van der Waals surface area contributed by atoms with Crippen molar-refractivity contribution in [3.8, 4) is 22.7 Å². The van der Waals surface area contributed by atoms with Crippen molar-refractivity contribution in [3.63, 3.8) is 0 Å². The number of methoxy groups -OCH3 is 1. The van der Waals surface area contributed by atoms with Crippen LogP contribution < -0.4 is 10.1 Å². The maximum atomic E-state index is 13.3. The molecule has 0 saturated carbocycles. The average molecular weight is 459 g/mol. The van der Waals surface area contributed by atoms with Crippen molar-refractivity contribution in [2.75, 3.05) is 32.1 Å². The van der Waals surface area contributed by atoms with Crippen molar-refractivity contribution in [1.82, 2.24) is 24.5 Å². The van der Waals surface area contributed by atoms with Crippen molar-refractivity contribution < 1.29 is 9.53 Å². The molecule has 34 heavy (non-hydrogen) atoms. The third-order valence-electron chi connectivity index (χ3n) is 5.77. The number of ether oxygens (including phenoxy) is 1. The zero-order chi connectivity index (χ0) is 23.9. The Morgan fingerprint density at radius 3 is 2.44 bits per heavy atom. The lowest BCUT2D eigenvalue weighted by Gasteiger charge is -2.17. The molecule has 0 spiro atoms. The van der Waals surface area contributed by atoms with E-state index in [4.69, 9.17) is 9.84 Å². The molecular formula is C26H30N6O2. The molecule has 0 fully saturated rings. The highest BCUT2D eigenvalue weighted by Crippen LogP contribution is 2.26. The van der Waals surface area contributed by atoms with Gasteiger partial charge in [0.15, 0.2) is 0 Å². The summed E-state index contributed by atoms with van der Waals surface area (Å²) in [7, 11) is 1.63. The first-order valence-corrected chi connectivity index (χ1v) is 11.5. The van der Waals surface area contributed by atoms with E-state index in [1.807, 2.05) is 65.5 Å². The van der Waals surface area contributed by atoms with Crippen LogP contribution in [-0.4, -0.2) is 57.1 Å². The smallest absolute Gasteiger partial charge is 0.259 e. The molecule has 4 aromatic rings. The Kier molecular flexibility index (Phi) is 7.39. The number of hydrogen-bond donors (Lipinski definition) is 1. The molecule has 176 valence electrons. The van der Waals surface area contributed by atoms with Gasteiger partial charge in [0.1, 0.15) is 11.4 Å². The zero-order valence-corrected chi connectivity index (χ0v) is 19.8. The number of carbonyl (C=O) groups excluding carboxylic acids is 1. The molecule has 8 heteroatoms. The normalized spacial score (nSPS) is 11.1. The van der Waals surface area contributed by atoms with E-state index in [2.05, 4.69) is 29.2 Å². The standard InChI is InChI=1S/C26H30N6O2/c1-4-30(5-2)15-16-31-18-21(17-27-31)28-26(33)24-19-32(22-9-7-6-8-10-22)29-25(24)20-11-13-23(34-3)14-12-20/h6-14,17-19H,4-5,15-16H2,1-3H3,(H,28,33). The fraction of sp³-hybridized carbons (Fsp3) is 0.269. The average Bonchev–Trinajstić information content (AvgIpc) is 3.53. The summed E-state index contributed by atoms with van der Waals surface area (Å²) < 4.78 is 8.85. The highest BCUT2D eigenvalue weighted by atomic mass is 16.5.